The molecule has 0 aliphatic carbocycles. The molecule has 0 amide bonds. The molecule has 2 heteroatoms. The zero-order valence-electron chi connectivity index (χ0n) is 20.5. The normalized spacial score (nSPS) is 13.0. The van der Waals surface area contributed by atoms with Crippen molar-refractivity contribution in [1.29, 1.82) is 0 Å². The largest absolute Gasteiger partial charge is 0.135 e. The number of rotatable bonds is 3. The second-order valence-electron chi connectivity index (χ2n) is 11.2. The van der Waals surface area contributed by atoms with Crippen molar-refractivity contribution in [3.05, 3.63) is 95.6 Å². The topological polar surface area (TPSA) is 0 Å². The van der Waals surface area contributed by atoms with Crippen LogP contribution in [-0.4, -0.2) is 0 Å². The molecule has 0 N–H and O–H groups in total. The van der Waals surface area contributed by atoms with Crippen LogP contribution in [0.1, 0.15) is 51.3 Å². The van der Waals surface area contributed by atoms with E-state index >= 15 is 0 Å². The standard InChI is InChI=1S/C32H30S2/c1-31(2,3)21-16-17-27-24(18-21)22-12-8-10-20(30(22)34-27)19-32(4,5)25-13-9-15-28-29(25)23-11-6-7-14-26(23)33-28/h6-18H,19H2,1-5H3. The van der Waals surface area contributed by atoms with E-state index < -0.39 is 0 Å². The average Bonchev–Trinajstić information content (AvgIpc) is 3.36. The highest BCUT2D eigenvalue weighted by Crippen LogP contribution is 2.43. The lowest BCUT2D eigenvalue weighted by Gasteiger charge is -2.27. The first kappa shape index (κ1) is 21.8. The first-order valence-electron chi connectivity index (χ1n) is 12.1. The number of hydrogen-bond donors (Lipinski definition) is 0. The van der Waals surface area contributed by atoms with Crippen LogP contribution in [0.2, 0.25) is 0 Å². The van der Waals surface area contributed by atoms with Crippen molar-refractivity contribution >= 4 is 63.0 Å². The molecule has 0 saturated carbocycles. The van der Waals surface area contributed by atoms with Gasteiger partial charge in [0.25, 0.3) is 0 Å². The minimum Gasteiger partial charge on any atom is -0.135 e. The van der Waals surface area contributed by atoms with Crippen molar-refractivity contribution in [2.75, 3.05) is 0 Å². The summed E-state index contributed by atoms with van der Waals surface area (Å²) >= 11 is 3.86. The highest BCUT2D eigenvalue weighted by atomic mass is 32.1. The molecule has 2 heterocycles. The Balaban J connectivity index is 1.50. The van der Waals surface area contributed by atoms with Gasteiger partial charge in [-0.3, -0.25) is 0 Å². The summed E-state index contributed by atoms with van der Waals surface area (Å²) in [5.41, 5.74) is 4.49. The average molecular weight is 479 g/mol. The molecule has 6 aromatic rings. The van der Waals surface area contributed by atoms with Gasteiger partial charge in [0.05, 0.1) is 0 Å². The maximum Gasteiger partial charge on any atom is 0.0387 e. The van der Waals surface area contributed by atoms with E-state index in [2.05, 4.69) is 113 Å². The highest BCUT2D eigenvalue weighted by molar-refractivity contribution is 7.26. The van der Waals surface area contributed by atoms with Crippen LogP contribution in [0.15, 0.2) is 78.9 Å². The molecule has 34 heavy (non-hydrogen) atoms. The number of fused-ring (bicyclic) bond motifs is 6. The van der Waals surface area contributed by atoms with E-state index in [9.17, 15) is 0 Å². The fourth-order valence-corrected chi connectivity index (χ4v) is 7.70. The van der Waals surface area contributed by atoms with Gasteiger partial charge in [0.15, 0.2) is 0 Å². The van der Waals surface area contributed by atoms with Gasteiger partial charge in [-0.2, -0.15) is 0 Å². The molecule has 170 valence electrons. The van der Waals surface area contributed by atoms with Gasteiger partial charge < -0.3 is 0 Å². The van der Waals surface area contributed by atoms with Crippen LogP contribution in [0.3, 0.4) is 0 Å². The third-order valence-corrected chi connectivity index (χ3v) is 9.61. The predicted octanol–water partition coefficient (Wildman–Crippen LogP) is 10.2. The lowest BCUT2D eigenvalue weighted by atomic mass is 9.77. The molecule has 0 fully saturated rings. The molecule has 4 aromatic carbocycles. The second-order valence-corrected chi connectivity index (χ2v) is 13.3. The zero-order chi connectivity index (χ0) is 23.7. The van der Waals surface area contributed by atoms with Crippen molar-refractivity contribution < 1.29 is 0 Å². The van der Waals surface area contributed by atoms with E-state index in [-0.39, 0.29) is 10.8 Å². The van der Waals surface area contributed by atoms with Crippen LogP contribution in [0.25, 0.3) is 40.3 Å². The molecular weight excluding hydrogens is 448 g/mol. The molecule has 0 radical (unpaired) electrons. The van der Waals surface area contributed by atoms with E-state index in [1.807, 2.05) is 22.7 Å². The maximum atomic E-state index is 2.42. The molecule has 0 unspecified atom stereocenters. The van der Waals surface area contributed by atoms with E-state index in [1.54, 1.807) is 0 Å². The smallest absolute Gasteiger partial charge is 0.0387 e. The third-order valence-electron chi connectivity index (χ3n) is 7.21. The van der Waals surface area contributed by atoms with Gasteiger partial charge in [-0.25, -0.2) is 0 Å². The molecular formula is C32H30S2. The Morgan fingerprint density at radius 1 is 0.618 bits per heavy atom. The Labute approximate surface area is 209 Å². The van der Waals surface area contributed by atoms with Gasteiger partial charge in [0.1, 0.15) is 0 Å². The van der Waals surface area contributed by atoms with Crippen LogP contribution >= 0.6 is 22.7 Å². The first-order chi connectivity index (χ1) is 16.2. The third kappa shape index (κ3) is 3.47. The molecule has 0 atom stereocenters. The fraction of sp³-hybridized carbons (Fsp3) is 0.250. The summed E-state index contributed by atoms with van der Waals surface area (Å²) in [6, 6.07) is 29.7. The summed E-state index contributed by atoms with van der Waals surface area (Å²) in [6.45, 7) is 11.7. The lowest BCUT2D eigenvalue weighted by molar-refractivity contribution is 0.529. The first-order valence-corrected chi connectivity index (χ1v) is 13.7. The van der Waals surface area contributed by atoms with Crippen molar-refractivity contribution in [3.63, 3.8) is 0 Å². The molecule has 0 aliphatic heterocycles. The monoisotopic (exact) mass is 478 g/mol. The predicted molar refractivity (Wildman–Crippen MR) is 154 cm³/mol. The van der Waals surface area contributed by atoms with Crippen molar-refractivity contribution in [1.82, 2.24) is 0 Å². The molecule has 2 aromatic heterocycles. The summed E-state index contributed by atoms with van der Waals surface area (Å²) in [6.07, 6.45) is 1.02. The van der Waals surface area contributed by atoms with Crippen molar-refractivity contribution in [2.45, 2.75) is 51.9 Å². The van der Waals surface area contributed by atoms with Crippen LogP contribution in [-0.2, 0) is 17.3 Å². The van der Waals surface area contributed by atoms with Gasteiger partial charge in [0.2, 0.25) is 0 Å². The zero-order valence-corrected chi connectivity index (χ0v) is 22.2. The van der Waals surface area contributed by atoms with Gasteiger partial charge >= 0.3 is 0 Å². The van der Waals surface area contributed by atoms with Crippen LogP contribution in [0.4, 0.5) is 0 Å². The Morgan fingerprint density at radius 3 is 2.15 bits per heavy atom. The number of benzene rings is 4. The van der Waals surface area contributed by atoms with Crippen molar-refractivity contribution in [2.24, 2.45) is 0 Å². The van der Waals surface area contributed by atoms with Crippen LogP contribution < -0.4 is 0 Å². The Bertz CT molecular complexity index is 1690. The summed E-state index contributed by atoms with van der Waals surface area (Å²) in [7, 11) is 0. The Morgan fingerprint density at radius 2 is 1.32 bits per heavy atom. The van der Waals surface area contributed by atoms with E-state index in [0.717, 1.165) is 6.42 Å². The minimum atomic E-state index is 0.0182. The molecule has 0 bridgehead atoms. The van der Waals surface area contributed by atoms with Gasteiger partial charge in [-0.1, -0.05) is 89.2 Å². The summed E-state index contributed by atoms with van der Waals surface area (Å²) < 4.78 is 5.60. The molecule has 0 spiro atoms. The Kier molecular flexibility index (Phi) is 4.92. The minimum absolute atomic E-state index is 0.0182. The van der Waals surface area contributed by atoms with Gasteiger partial charge in [-0.15, -0.1) is 22.7 Å². The van der Waals surface area contributed by atoms with Crippen molar-refractivity contribution in [3.8, 4) is 0 Å². The van der Waals surface area contributed by atoms with Crippen LogP contribution in [0.5, 0.6) is 0 Å². The Hall–Kier alpha value is -2.68. The van der Waals surface area contributed by atoms with E-state index in [4.69, 9.17) is 0 Å². The van der Waals surface area contributed by atoms with Gasteiger partial charge in [-0.05, 0) is 58.2 Å². The quantitative estimate of drug-likeness (QED) is 0.237. The summed E-state index contributed by atoms with van der Waals surface area (Å²) in [5.74, 6) is 0. The van der Waals surface area contributed by atoms with E-state index in [0.29, 0.717) is 0 Å². The summed E-state index contributed by atoms with van der Waals surface area (Å²) in [4.78, 5) is 0. The summed E-state index contributed by atoms with van der Waals surface area (Å²) in [5, 5.41) is 5.63. The van der Waals surface area contributed by atoms with E-state index in [1.165, 1.54) is 57.0 Å². The lowest BCUT2D eigenvalue weighted by Crippen LogP contribution is -2.20. The number of hydrogen-bond acceptors (Lipinski definition) is 2. The fourth-order valence-electron chi connectivity index (χ4n) is 5.37. The second kappa shape index (κ2) is 7.66. The molecule has 0 aliphatic rings. The molecule has 0 saturated heterocycles. The maximum absolute atomic E-state index is 2.42. The molecule has 6 rings (SSSR count). The SMILES string of the molecule is CC(C)(C)c1ccc2sc3c(CC(C)(C)c4cccc5sc6ccccc6c45)cccc3c2c1. The number of thiophene rings is 2. The van der Waals surface area contributed by atoms with Gasteiger partial charge in [0, 0.05) is 40.3 Å². The molecule has 0 nitrogen and oxygen atoms in total. The highest BCUT2D eigenvalue weighted by Gasteiger charge is 2.26. The van der Waals surface area contributed by atoms with Crippen LogP contribution in [0, 0.1) is 0 Å².